The Labute approximate surface area is 108 Å². The third-order valence-electron chi connectivity index (χ3n) is 1.79. The van der Waals surface area contributed by atoms with Gasteiger partial charge in [-0.05, 0) is 0 Å². The number of hydrogen-bond acceptors (Lipinski definition) is 5. The Bertz CT molecular complexity index is 564. The molecule has 2 rings (SSSR count). The molecule has 0 aliphatic rings. The van der Waals surface area contributed by atoms with Gasteiger partial charge >= 0.3 is 0 Å². The van der Waals surface area contributed by atoms with E-state index in [9.17, 15) is 0 Å². The van der Waals surface area contributed by atoms with Gasteiger partial charge in [0.2, 0.25) is 5.88 Å². The number of halogens is 1. The lowest BCUT2D eigenvalue weighted by molar-refractivity contribution is 0.457. The molecule has 2 aromatic rings. The first kappa shape index (κ1) is 11.7. The van der Waals surface area contributed by atoms with Crippen molar-refractivity contribution in [1.82, 2.24) is 15.0 Å². The fraction of sp³-hybridized carbons (Fsp3) is 0. The number of hydrogen-bond donors (Lipinski definition) is 1. The minimum absolute atomic E-state index is 0.114. The molecule has 0 aliphatic heterocycles. The summed E-state index contributed by atoms with van der Waals surface area (Å²) >= 11 is 10.6. The molecule has 17 heavy (non-hydrogen) atoms. The second-order valence-corrected chi connectivity index (χ2v) is 3.89. The standard InChI is InChI=1S/C10H7ClN4OS/c11-6-3-7(5-13-4-6)16-10-8(9(12)17)14-1-2-15-10/h1-5H,(H2,12,17). The smallest absolute Gasteiger partial charge is 0.248 e. The molecule has 0 radical (unpaired) electrons. The Morgan fingerprint density at radius 2 is 2.06 bits per heavy atom. The van der Waals surface area contributed by atoms with Gasteiger partial charge in [0.05, 0.1) is 11.2 Å². The summed E-state index contributed by atoms with van der Waals surface area (Å²) < 4.78 is 5.46. The number of nitrogens with two attached hydrogens (primary N) is 1. The van der Waals surface area contributed by atoms with Crippen LogP contribution in [0.25, 0.3) is 0 Å². The zero-order chi connectivity index (χ0) is 12.3. The molecule has 7 heteroatoms. The van der Waals surface area contributed by atoms with Crippen molar-refractivity contribution in [2.45, 2.75) is 0 Å². The van der Waals surface area contributed by atoms with E-state index in [1.54, 1.807) is 6.07 Å². The first-order valence-corrected chi connectivity index (χ1v) is 5.34. The maximum Gasteiger partial charge on any atom is 0.248 e. The van der Waals surface area contributed by atoms with E-state index in [2.05, 4.69) is 15.0 Å². The summed E-state index contributed by atoms with van der Waals surface area (Å²) in [6.45, 7) is 0. The van der Waals surface area contributed by atoms with Crippen LogP contribution in [-0.2, 0) is 0 Å². The van der Waals surface area contributed by atoms with Crippen LogP contribution in [0.3, 0.4) is 0 Å². The van der Waals surface area contributed by atoms with Crippen molar-refractivity contribution >= 4 is 28.8 Å². The highest BCUT2D eigenvalue weighted by atomic mass is 35.5. The zero-order valence-corrected chi connectivity index (χ0v) is 10.1. The molecular formula is C10H7ClN4OS. The molecule has 0 bridgehead atoms. The Morgan fingerprint density at radius 1 is 1.29 bits per heavy atom. The largest absolute Gasteiger partial charge is 0.435 e. The molecule has 2 heterocycles. The quantitative estimate of drug-likeness (QED) is 0.856. The Kier molecular flexibility index (Phi) is 3.46. The van der Waals surface area contributed by atoms with Crippen molar-refractivity contribution in [2.75, 3.05) is 0 Å². The average Bonchev–Trinajstić information content (AvgIpc) is 2.29. The first-order chi connectivity index (χ1) is 8.16. The molecule has 0 fully saturated rings. The summed E-state index contributed by atoms with van der Waals surface area (Å²) in [4.78, 5) is 12.0. The topological polar surface area (TPSA) is 73.9 Å². The van der Waals surface area contributed by atoms with Crippen LogP contribution in [0, 0.1) is 0 Å². The van der Waals surface area contributed by atoms with Crippen LogP contribution in [-0.4, -0.2) is 19.9 Å². The van der Waals surface area contributed by atoms with Crippen LogP contribution in [0.1, 0.15) is 5.69 Å². The summed E-state index contributed by atoms with van der Waals surface area (Å²) in [5.74, 6) is 0.666. The van der Waals surface area contributed by atoms with Gasteiger partial charge in [-0.25, -0.2) is 9.97 Å². The van der Waals surface area contributed by atoms with E-state index < -0.39 is 0 Å². The molecule has 0 spiro atoms. The predicted molar refractivity (Wildman–Crippen MR) is 67.2 cm³/mol. The second-order valence-electron chi connectivity index (χ2n) is 3.02. The van der Waals surface area contributed by atoms with E-state index in [0.29, 0.717) is 16.5 Å². The maximum absolute atomic E-state index is 5.78. The minimum Gasteiger partial charge on any atom is -0.435 e. The van der Waals surface area contributed by atoms with Gasteiger partial charge in [0, 0.05) is 24.7 Å². The highest BCUT2D eigenvalue weighted by molar-refractivity contribution is 7.80. The highest BCUT2D eigenvalue weighted by Crippen LogP contribution is 2.22. The van der Waals surface area contributed by atoms with E-state index in [1.807, 2.05) is 0 Å². The van der Waals surface area contributed by atoms with Gasteiger partial charge in [-0.15, -0.1) is 0 Å². The molecule has 0 amide bonds. The van der Waals surface area contributed by atoms with Gasteiger partial charge in [0.1, 0.15) is 10.7 Å². The molecule has 0 unspecified atom stereocenters. The van der Waals surface area contributed by atoms with Gasteiger partial charge in [-0.1, -0.05) is 23.8 Å². The van der Waals surface area contributed by atoms with E-state index >= 15 is 0 Å². The molecule has 5 nitrogen and oxygen atoms in total. The molecule has 0 saturated carbocycles. The fourth-order valence-corrected chi connectivity index (χ4v) is 1.43. The van der Waals surface area contributed by atoms with Crippen molar-refractivity contribution < 1.29 is 4.74 Å². The Balaban J connectivity index is 2.33. The molecule has 86 valence electrons. The molecule has 0 aromatic carbocycles. The van der Waals surface area contributed by atoms with Gasteiger partial charge in [0.15, 0.2) is 5.69 Å². The predicted octanol–water partition coefficient (Wildman–Crippen LogP) is 1.95. The third-order valence-corrected chi connectivity index (χ3v) is 2.19. The van der Waals surface area contributed by atoms with E-state index in [4.69, 9.17) is 34.3 Å². The lowest BCUT2D eigenvalue weighted by Gasteiger charge is -2.07. The number of pyridine rings is 1. The lowest BCUT2D eigenvalue weighted by Crippen LogP contribution is -2.13. The van der Waals surface area contributed by atoms with Crippen LogP contribution < -0.4 is 10.5 Å². The number of thiocarbonyl (C=S) groups is 1. The molecule has 0 atom stereocenters. The van der Waals surface area contributed by atoms with E-state index in [0.717, 1.165) is 0 Å². The van der Waals surface area contributed by atoms with Gasteiger partial charge in [-0.2, -0.15) is 0 Å². The monoisotopic (exact) mass is 266 g/mol. The van der Waals surface area contributed by atoms with Gasteiger partial charge in [-0.3, -0.25) is 4.98 Å². The summed E-state index contributed by atoms with van der Waals surface area (Å²) in [6, 6.07) is 1.60. The van der Waals surface area contributed by atoms with Crippen molar-refractivity contribution in [1.29, 1.82) is 0 Å². The number of ether oxygens (including phenoxy) is 1. The van der Waals surface area contributed by atoms with Crippen LogP contribution >= 0.6 is 23.8 Å². The number of rotatable bonds is 3. The van der Waals surface area contributed by atoms with Crippen LogP contribution in [0.4, 0.5) is 0 Å². The minimum atomic E-state index is 0.114. The van der Waals surface area contributed by atoms with E-state index in [-0.39, 0.29) is 10.9 Å². The maximum atomic E-state index is 5.78. The van der Waals surface area contributed by atoms with Crippen molar-refractivity contribution in [3.63, 3.8) is 0 Å². The summed E-state index contributed by atoms with van der Waals surface area (Å²) in [5, 5.41) is 0.461. The molecule has 2 N–H and O–H groups in total. The first-order valence-electron chi connectivity index (χ1n) is 4.56. The van der Waals surface area contributed by atoms with Crippen LogP contribution in [0.5, 0.6) is 11.6 Å². The zero-order valence-electron chi connectivity index (χ0n) is 8.50. The second kappa shape index (κ2) is 5.03. The fourth-order valence-electron chi connectivity index (χ4n) is 1.13. The van der Waals surface area contributed by atoms with Crippen molar-refractivity contribution in [2.24, 2.45) is 5.73 Å². The Morgan fingerprint density at radius 3 is 2.76 bits per heavy atom. The molecule has 2 aromatic heterocycles. The van der Waals surface area contributed by atoms with Crippen molar-refractivity contribution in [3.05, 3.63) is 41.6 Å². The summed E-state index contributed by atoms with van der Waals surface area (Å²) in [7, 11) is 0. The summed E-state index contributed by atoms with van der Waals surface area (Å²) in [6.07, 6.45) is 5.97. The molecule has 0 aliphatic carbocycles. The highest BCUT2D eigenvalue weighted by Gasteiger charge is 2.10. The molecular weight excluding hydrogens is 260 g/mol. The number of aromatic nitrogens is 3. The van der Waals surface area contributed by atoms with E-state index in [1.165, 1.54) is 24.8 Å². The Hall–Kier alpha value is -1.79. The SMILES string of the molecule is NC(=S)c1nccnc1Oc1cncc(Cl)c1. The van der Waals surface area contributed by atoms with Crippen LogP contribution in [0.2, 0.25) is 5.02 Å². The number of nitrogens with zero attached hydrogens (tertiary/aromatic N) is 3. The van der Waals surface area contributed by atoms with Gasteiger partial charge < -0.3 is 10.5 Å². The lowest BCUT2D eigenvalue weighted by atomic mass is 10.4. The molecule has 0 saturated heterocycles. The van der Waals surface area contributed by atoms with Gasteiger partial charge in [0.25, 0.3) is 0 Å². The summed E-state index contributed by atoms with van der Waals surface area (Å²) in [5.41, 5.74) is 5.83. The van der Waals surface area contributed by atoms with Crippen molar-refractivity contribution in [3.8, 4) is 11.6 Å². The van der Waals surface area contributed by atoms with Crippen LogP contribution in [0.15, 0.2) is 30.9 Å². The average molecular weight is 267 g/mol. The normalized spacial score (nSPS) is 9.94. The third kappa shape index (κ3) is 2.86.